The molecule has 2 atom stereocenters. The summed E-state index contributed by atoms with van der Waals surface area (Å²) in [6.45, 7) is 4.46. The number of nitrogens with zero attached hydrogens (tertiary/aromatic N) is 2. The Balaban J connectivity index is 1.87. The molecule has 0 bridgehead atoms. The number of para-hydroxylation sites is 1. The highest BCUT2D eigenvalue weighted by molar-refractivity contribution is 5.88. The van der Waals surface area contributed by atoms with Crippen molar-refractivity contribution in [2.45, 2.75) is 32.4 Å². The van der Waals surface area contributed by atoms with Crippen LogP contribution in [0.4, 0.5) is 5.82 Å². The normalized spacial score (nSPS) is 25.0. The fourth-order valence-electron chi connectivity index (χ4n) is 2.82. The molecule has 19 heavy (non-hydrogen) atoms. The fourth-order valence-corrected chi connectivity index (χ4v) is 2.82. The third-order valence-corrected chi connectivity index (χ3v) is 4.32. The molecule has 1 fully saturated rings. The summed E-state index contributed by atoms with van der Waals surface area (Å²) in [7, 11) is 1.78. The highest BCUT2D eigenvalue weighted by Gasteiger charge is 2.48. The summed E-state index contributed by atoms with van der Waals surface area (Å²) in [6.07, 6.45) is 2.95. The van der Waals surface area contributed by atoms with Crippen LogP contribution in [-0.2, 0) is 4.74 Å². The minimum absolute atomic E-state index is 0.126. The number of nitrogens with one attached hydrogen (secondary N) is 1. The van der Waals surface area contributed by atoms with Crippen molar-refractivity contribution >= 4 is 16.7 Å². The van der Waals surface area contributed by atoms with Crippen molar-refractivity contribution in [3.63, 3.8) is 0 Å². The van der Waals surface area contributed by atoms with E-state index in [1.54, 1.807) is 13.4 Å². The first kappa shape index (κ1) is 12.4. The van der Waals surface area contributed by atoms with Gasteiger partial charge in [-0.15, -0.1) is 0 Å². The molecular formula is C15H19N3O. The SMILES string of the molecule is COC1CC(Nc2ncnc3ccccc23)C1(C)C. The van der Waals surface area contributed by atoms with Gasteiger partial charge in [0.05, 0.1) is 11.6 Å². The molecule has 0 saturated heterocycles. The first-order valence-corrected chi connectivity index (χ1v) is 6.62. The number of ether oxygens (including phenoxy) is 1. The zero-order chi connectivity index (χ0) is 13.5. The predicted octanol–water partition coefficient (Wildman–Crippen LogP) is 2.86. The smallest absolute Gasteiger partial charge is 0.137 e. The Morgan fingerprint density at radius 3 is 2.79 bits per heavy atom. The van der Waals surface area contributed by atoms with Gasteiger partial charge < -0.3 is 10.1 Å². The van der Waals surface area contributed by atoms with Gasteiger partial charge in [-0.25, -0.2) is 9.97 Å². The largest absolute Gasteiger partial charge is 0.381 e. The predicted molar refractivity (Wildman–Crippen MR) is 76.1 cm³/mol. The summed E-state index contributed by atoms with van der Waals surface area (Å²) in [5.74, 6) is 0.915. The van der Waals surface area contributed by atoms with Gasteiger partial charge in [0.15, 0.2) is 0 Å². The summed E-state index contributed by atoms with van der Waals surface area (Å²) >= 11 is 0. The molecule has 1 heterocycles. The fraction of sp³-hybridized carbons (Fsp3) is 0.467. The van der Waals surface area contributed by atoms with E-state index in [0.717, 1.165) is 23.1 Å². The molecule has 1 aliphatic rings. The number of methoxy groups -OCH3 is 1. The molecule has 4 heteroatoms. The highest BCUT2D eigenvalue weighted by atomic mass is 16.5. The van der Waals surface area contributed by atoms with Crippen LogP contribution in [0.1, 0.15) is 20.3 Å². The molecule has 0 aliphatic heterocycles. The number of hydrogen-bond acceptors (Lipinski definition) is 4. The Bertz CT molecular complexity index is 591. The van der Waals surface area contributed by atoms with Gasteiger partial charge in [-0.1, -0.05) is 26.0 Å². The molecule has 1 saturated carbocycles. The lowest BCUT2D eigenvalue weighted by atomic mass is 9.64. The van der Waals surface area contributed by atoms with E-state index in [4.69, 9.17) is 4.74 Å². The Kier molecular flexibility index (Phi) is 2.90. The van der Waals surface area contributed by atoms with Crippen LogP contribution in [0.2, 0.25) is 0 Å². The second kappa shape index (κ2) is 4.46. The van der Waals surface area contributed by atoms with Crippen LogP contribution in [-0.4, -0.2) is 29.2 Å². The summed E-state index contributed by atoms with van der Waals surface area (Å²) in [5.41, 5.74) is 1.10. The lowest BCUT2D eigenvalue weighted by molar-refractivity contribution is -0.0795. The third-order valence-electron chi connectivity index (χ3n) is 4.32. The lowest BCUT2D eigenvalue weighted by Gasteiger charge is -2.51. The average Bonchev–Trinajstić information content (AvgIpc) is 2.43. The molecule has 0 amide bonds. The van der Waals surface area contributed by atoms with Gasteiger partial charge in [0.1, 0.15) is 12.1 Å². The molecule has 4 nitrogen and oxygen atoms in total. The first-order chi connectivity index (χ1) is 9.13. The number of rotatable bonds is 3. The van der Waals surface area contributed by atoms with E-state index in [1.165, 1.54) is 0 Å². The molecule has 3 rings (SSSR count). The number of hydrogen-bond donors (Lipinski definition) is 1. The number of anilines is 1. The second-order valence-electron chi connectivity index (χ2n) is 5.72. The van der Waals surface area contributed by atoms with Gasteiger partial charge in [0.2, 0.25) is 0 Å². The van der Waals surface area contributed by atoms with Crippen molar-refractivity contribution in [3.05, 3.63) is 30.6 Å². The van der Waals surface area contributed by atoms with Crippen molar-refractivity contribution in [3.8, 4) is 0 Å². The van der Waals surface area contributed by atoms with Gasteiger partial charge in [-0.05, 0) is 18.6 Å². The van der Waals surface area contributed by atoms with Gasteiger partial charge >= 0.3 is 0 Å². The quantitative estimate of drug-likeness (QED) is 0.918. The van der Waals surface area contributed by atoms with Crippen LogP contribution >= 0.6 is 0 Å². The van der Waals surface area contributed by atoms with Crippen LogP contribution < -0.4 is 5.32 Å². The number of fused-ring (bicyclic) bond motifs is 1. The molecule has 100 valence electrons. The zero-order valence-electron chi connectivity index (χ0n) is 11.6. The minimum atomic E-state index is 0.126. The summed E-state index contributed by atoms with van der Waals surface area (Å²) in [5, 5.41) is 4.62. The van der Waals surface area contributed by atoms with Gasteiger partial charge in [-0.2, -0.15) is 0 Å². The summed E-state index contributed by atoms with van der Waals surface area (Å²) < 4.78 is 5.48. The zero-order valence-corrected chi connectivity index (χ0v) is 11.6. The van der Waals surface area contributed by atoms with Gasteiger partial charge in [0.25, 0.3) is 0 Å². The van der Waals surface area contributed by atoms with Gasteiger partial charge in [-0.3, -0.25) is 0 Å². The van der Waals surface area contributed by atoms with E-state index >= 15 is 0 Å². The number of aromatic nitrogens is 2. The van der Waals surface area contributed by atoms with Crippen molar-refractivity contribution in [1.29, 1.82) is 0 Å². The maximum absolute atomic E-state index is 5.48. The Hall–Kier alpha value is -1.68. The van der Waals surface area contributed by atoms with E-state index in [1.807, 2.05) is 18.2 Å². The van der Waals surface area contributed by atoms with Crippen molar-refractivity contribution in [2.75, 3.05) is 12.4 Å². The Labute approximate surface area is 113 Å². The van der Waals surface area contributed by atoms with E-state index in [2.05, 4.69) is 35.2 Å². The Morgan fingerprint density at radius 2 is 2.05 bits per heavy atom. The standard InChI is InChI=1S/C15H19N3O/c1-15(2)12(8-13(15)19-3)18-14-10-6-4-5-7-11(10)16-9-17-14/h4-7,9,12-13H,8H2,1-3H3,(H,16,17,18). The maximum Gasteiger partial charge on any atom is 0.137 e. The number of benzene rings is 1. The molecule has 1 aromatic heterocycles. The van der Waals surface area contributed by atoms with Crippen molar-refractivity contribution in [1.82, 2.24) is 9.97 Å². The van der Waals surface area contributed by atoms with Crippen LogP contribution in [0.3, 0.4) is 0 Å². The van der Waals surface area contributed by atoms with E-state index in [9.17, 15) is 0 Å². The molecule has 2 unspecified atom stereocenters. The summed E-state index contributed by atoms with van der Waals surface area (Å²) in [4.78, 5) is 8.67. The van der Waals surface area contributed by atoms with Crippen molar-refractivity contribution < 1.29 is 4.74 Å². The molecule has 1 aromatic carbocycles. The molecule has 2 aromatic rings. The topological polar surface area (TPSA) is 47.0 Å². The van der Waals surface area contributed by atoms with E-state index < -0.39 is 0 Å². The molecular weight excluding hydrogens is 238 g/mol. The van der Waals surface area contributed by atoms with Crippen LogP contribution in [0, 0.1) is 5.41 Å². The Morgan fingerprint density at radius 1 is 1.26 bits per heavy atom. The van der Waals surface area contributed by atoms with E-state index in [0.29, 0.717) is 12.1 Å². The van der Waals surface area contributed by atoms with Crippen LogP contribution in [0.25, 0.3) is 10.9 Å². The third kappa shape index (κ3) is 1.96. The van der Waals surface area contributed by atoms with Crippen LogP contribution in [0.5, 0.6) is 0 Å². The molecule has 0 radical (unpaired) electrons. The molecule has 0 spiro atoms. The first-order valence-electron chi connectivity index (χ1n) is 6.62. The van der Waals surface area contributed by atoms with Crippen LogP contribution in [0.15, 0.2) is 30.6 Å². The molecule has 1 aliphatic carbocycles. The summed E-state index contributed by atoms with van der Waals surface area (Å²) in [6, 6.07) is 8.45. The average molecular weight is 257 g/mol. The lowest BCUT2D eigenvalue weighted by Crippen LogP contribution is -2.57. The maximum atomic E-state index is 5.48. The second-order valence-corrected chi connectivity index (χ2v) is 5.72. The minimum Gasteiger partial charge on any atom is -0.381 e. The van der Waals surface area contributed by atoms with E-state index in [-0.39, 0.29) is 5.41 Å². The van der Waals surface area contributed by atoms with Crippen molar-refractivity contribution in [2.24, 2.45) is 5.41 Å². The monoisotopic (exact) mass is 257 g/mol. The highest BCUT2D eigenvalue weighted by Crippen LogP contribution is 2.44. The van der Waals surface area contributed by atoms with Gasteiger partial charge in [0, 0.05) is 24.0 Å². The molecule has 1 N–H and O–H groups in total.